The SMILES string of the molecule is c1ccc(-c2cc(-c3ccccc3)cc(-c3nc(-c4cc5c6c(c4)-n4c7ccc(-c8ccccc8)cc7c7cc(-c8ccccc8)cc(c74)B6c4cc(-c6ccccc6)cc6c7cc(-c8ccccc8)ccc7n-5c46)c4ccccc4n3)c2)cc1. The minimum Gasteiger partial charge on any atom is -0.310 e. The molecule has 0 unspecified atom stereocenters. The lowest BCUT2D eigenvalue weighted by Gasteiger charge is -2.34. The average molecular weight is 1080 g/mol. The molecule has 0 N–H and O–H groups in total. The first-order valence-corrected chi connectivity index (χ1v) is 29.3. The highest BCUT2D eigenvalue weighted by Crippen LogP contribution is 2.45. The Morgan fingerprint density at radius 2 is 0.612 bits per heavy atom. The van der Waals surface area contributed by atoms with E-state index in [4.69, 9.17) is 9.97 Å². The monoisotopic (exact) mass is 1080 g/mol. The Hall–Kier alpha value is -11.1. The maximum Gasteiger partial charge on any atom is 0.252 e. The summed E-state index contributed by atoms with van der Waals surface area (Å²) >= 11 is 0. The summed E-state index contributed by atoms with van der Waals surface area (Å²) in [6.07, 6.45) is 0. The zero-order valence-electron chi connectivity index (χ0n) is 46.2. The summed E-state index contributed by atoms with van der Waals surface area (Å²) in [5.41, 5.74) is 28.8. The van der Waals surface area contributed by atoms with Crippen molar-refractivity contribution in [1.29, 1.82) is 0 Å². The third kappa shape index (κ3) is 7.43. The van der Waals surface area contributed by atoms with E-state index in [0.29, 0.717) is 5.82 Å². The molecular weight excluding hydrogens is 1030 g/mol. The summed E-state index contributed by atoms with van der Waals surface area (Å²) in [4.78, 5) is 11.3. The van der Waals surface area contributed by atoms with Gasteiger partial charge >= 0.3 is 0 Å². The molecule has 5 heterocycles. The van der Waals surface area contributed by atoms with Gasteiger partial charge < -0.3 is 9.13 Å². The smallest absolute Gasteiger partial charge is 0.252 e. The highest BCUT2D eigenvalue weighted by Gasteiger charge is 2.42. The Kier molecular flexibility index (Phi) is 10.4. The van der Waals surface area contributed by atoms with Gasteiger partial charge in [0, 0.05) is 60.5 Å². The summed E-state index contributed by atoms with van der Waals surface area (Å²) in [7, 11) is 0. The molecule has 0 amide bonds. The first-order valence-electron chi connectivity index (χ1n) is 29.3. The highest BCUT2D eigenvalue weighted by atomic mass is 15.0. The molecule has 0 radical (unpaired) electrons. The van der Waals surface area contributed by atoms with Crippen molar-refractivity contribution in [1.82, 2.24) is 19.1 Å². The highest BCUT2D eigenvalue weighted by molar-refractivity contribution is 7.00. The summed E-state index contributed by atoms with van der Waals surface area (Å²) in [5.74, 6) is 0.676. The summed E-state index contributed by atoms with van der Waals surface area (Å²) in [6.45, 7) is -0.137. The van der Waals surface area contributed by atoms with E-state index >= 15 is 0 Å². The average Bonchev–Trinajstić information content (AvgIpc) is 1.61. The Morgan fingerprint density at radius 1 is 0.247 bits per heavy atom. The van der Waals surface area contributed by atoms with Crippen LogP contribution in [0.5, 0.6) is 0 Å². The standard InChI is InChI=1S/C80H49BN4/c1-7-21-50(22-8-1)56-35-37-72-65(42-56)67-44-60(54-29-15-5-16-30-54)46-69-78(67)84(72)74-48-62(77-64-33-19-20-34-71(64)82-80(83-77)63-40-58(52-25-11-3-12-26-52)39-59(41-63)53-27-13-4-14-28-53)49-75-76(74)81(69)70-47-61(55-31-17-6-18-32-55)45-68-66-43-57(51-23-9-2-10-24-51)36-38-73(66)85(75)79(68)70/h1-49H. The maximum absolute atomic E-state index is 5.81. The zero-order chi connectivity index (χ0) is 55.7. The van der Waals surface area contributed by atoms with E-state index in [2.05, 4.69) is 306 Å². The quantitative estimate of drug-likeness (QED) is 0.142. The summed E-state index contributed by atoms with van der Waals surface area (Å²) in [5, 5.41) is 5.90. The van der Waals surface area contributed by atoms with Crippen molar-refractivity contribution in [3.8, 4) is 101 Å². The number of fused-ring (bicyclic) bond motifs is 11. The predicted octanol–water partition coefficient (Wildman–Crippen LogP) is 18.3. The van der Waals surface area contributed by atoms with E-state index in [1.807, 2.05) is 0 Å². The largest absolute Gasteiger partial charge is 0.310 e. The molecule has 16 aromatic rings. The lowest BCUT2D eigenvalue weighted by molar-refractivity contribution is 1.14. The first-order chi connectivity index (χ1) is 42.1. The van der Waals surface area contributed by atoms with Gasteiger partial charge in [-0.1, -0.05) is 224 Å². The van der Waals surface area contributed by atoms with Gasteiger partial charge in [-0.25, -0.2) is 9.97 Å². The molecule has 392 valence electrons. The molecule has 85 heavy (non-hydrogen) atoms. The van der Waals surface area contributed by atoms with E-state index in [0.717, 1.165) is 72.4 Å². The minimum absolute atomic E-state index is 0.137. The molecule has 0 atom stereocenters. The first kappa shape index (κ1) is 47.5. The number of hydrogen-bond donors (Lipinski definition) is 0. The van der Waals surface area contributed by atoms with E-state index in [9.17, 15) is 0 Å². The number of rotatable bonds is 8. The van der Waals surface area contributed by atoms with Gasteiger partial charge in [0.2, 0.25) is 0 Å². The van der Waals surface area contributed by atoms with Gasteiger partial charge in [-0.05, 0) is 156 Å². The lowest BCUT2D eigenvalue weighted by Crippen LogP contribution is -2.59. The molecular formula is C80H49BN4. The van der Waals surface area contributed by atoms with Crippen LogP contribution < -0.4 is 16.4 Å². The van der Waals surface area contributed by atoms with Gasteiger partial charge in [0.1, 0.15) is 0 Å². The predicted molar refractivity (Wildman–Crippen MR) is 356 cm³/mol. The maximum atomic E-state index is 5.81. The molecule has 0 aliphatic carbocycles. The minimum atomic E-state index is -0.137. The third-order valence-electron chi connectivity index (χ3n) is 18.0. The van der Waals surface area contributed by atoms with Gasteiger partial charge in [-0.15, -0.1) is 0 Å². The second-order valence-electron chi connectivity index (χ2n) is 22.8. The van der Waals surface area contributed by atoms with Crippen LogP contribution in [0.15, 0.2) is 297 Å². The van der Waals surface area contributed by atoms with Crippen molar-refractivity contribution in [2.75, 3.05) is 0 Å². The number of aromatic nitrogens is 4. The van der Waals surface area contributed by atoms with Gasteiger partial charge in [-0.3, -0.25) is 0 Å². The van der Waals surface area contributed by atoms with Crippen molar-refractivity contribution in [3.05, 3.63) is 297 Å². The topological polar surface area (TPSA) is 35.6 Å². The molecule has 0 bridgehead atoms. The van der Waals surface area contributed by atoms with Crippen LogP contribution in [0.1, 0.15) is 0 Å². The molecule has 0 spiro atoms. The Morgan fingerprint density at radius 3 is 1.05 bits per heavy atom. The molecule has 4 nitrogen and oxygen atoms in total. The summed E-state index contributed by atoms with van der Waals surface area (Å²) < 4.78 is 5.20. The molecule has 0 saturated carbocycles. The van der Waals surface area contributed by atoms with Crippen LogP contribution in [-0.4, -0.2) is 25.8 Å². The third-order valence-corrected chi connectivity index (χ3v) is 18.0. The summed E-state index contributed by atoms with van der Waals surface area (Å²) in [6, 6.07) is 109. The van der Waals surface area contributed by atoms with E-state index < -0.39 is 0 Å². The second-order valence-corrected chi connectivity index (χ2v) is 22.8. The fourth-order valence-corrected chi connectivity index (χ4v) is 14.2. The molecule has 2 aliphatic rings. The van der Waals surface area contributed by atoms with Crippen LogP contribution in [0, 0.1) is 0 Å². The van der Waals surface area contributed by atoms with Crippen LogP contribution in [0.2, 0.25) is 0 Å². The zero-order valence-corrected chi connectivity index (χ0v) is 46.2. The van der Waals surface area contributed by atoms with Crippen molar-refractivity contribution in [2.24, 2.45) is 0 Å². The fourth-order valence-electron chi connectivity index (χ4n) is 14.2. The fraction of sp³-hybridized carbons (Fsp3) is 0. The van der Waals surface area contributed by atoms with Gasteiger partial charge in [0.25, 0.3) is 6.71 Å². The molecule has 5 heteroatoms. The molecule has 2 aliphatic heterocycles. The van der Waals surface area contributed by atoms with E-state index in [-0.39, 0.29) is 6.71 Å². The van der Waals surface area contributed by atoms with Crippen LogP contribution in [0.3, 0.4) is 0 Å². The molecule has 0 saturated heterocycles. The van der Waals surface area contributed by atoms with Crippen molar-refractivity contribution in [2.45, 2.75) is 0 Å². The van der Waals surface area contributed by atoms with Crippen molar-refractivity contribution >= 4 is 77.6 Å². The molecule has 3 aromatic heterocycles. The van der Waals surface area contributed by atoms with Crippen LogP contribution in [-0.2, 0) is 0 Å². The van der Waals surface area contributed by atoms with Crippen LogP contribution in [0.4, 0.5) is 0 Å². The normalized spacial score (nSPS) is 12.2. The number of para-hydroxylation sites is 1. The van der Waals surface area contributed by atoms with Crippen molar-refractivity contribution in [3.63, 3.8) is 0 Å². The Balaban J connectivity index is 0.981. The molecule has 0 fully saturated rings. The second kappa shape index (κ2) is 18.7. The van der Waals surface area contributed by atoms with Crippen LogP contribution >= 0.6 is 0 Å². The molecule has 18 rings (SSSR count). The van der Waals surface area contributed by atoms with Gasteiger partial charge in [-0.2, -0.15) is 0 Å². The van der Waals surface area contributed by atoms with Gasteiger partial charge in [0.15, 0.2) is 5.82 Å². The van der Waals surface area contributed by atoms with E-state index in [1.54, 1.807) is 0 Å². The Labute approximate surface area is 491 Å². The lowest BCUT2D eigenvalue weighted by atomic mass is 9.34. The number of nitrogens with zero attached hydrogens (tertiary/aromatic N) is 4. The number of hydrogen-bond acceptors (Lipinski definition) is 2. The Bertz CT molecular complexity index is 5100. The molecule has 13 aromatic carbocycles. The van der Waals surface area contributed by atoms with Crippen molar-refractivity contribution < 1.29 is 0 Å². The van der Waals surface area contributed by atoms with Gasteiger partial charge in [0.05, 0.1) is 22.2 Å². The van der Waals surface area contributed by atoms with E-state index in [1.165, 1.54) is 93.5 Å². The number of benzene rings is 13. The van der Waals surface area contributed by atoms with Crippen LogP contribution in [0.25, 0.3) is 155 Å².